The van der Waals surface area contributed by atoms with Crippen molar-refractivity contribution in [1.29, 1.82) is 0 Å². The SMILES string of the molecule is COc1c(S(=O)(=O)NC(C)(C)CN)cc(Br)c(C)c1[N+](=O)[O-]. The highest BCUT2D eigenvalue weighted by atomic mass is 79.9. The number of rotatable bonds is 6. The summed E-state index contributed by atoms with van der Waals surface area (Å²) in [6.45, 7) is 4.77. The summed E-state index contributed by atoms with van der Waals surface area (Å²) in [6.07, 6.45) is 0. The van der Waals surface area contributed by atoms with E-state index in [1.54, 1.807) is 13.8 Å². The topological polar surface area (TPSA) is 125 Å². The number of halogens is 1. The Morgan fingerprint density at radius 3 is 2.45 bits per heavy atom. The predicted octanol–water partition coefficient (Wildman–Crippen LogP) is 1.69. The van der Waals surface area contributed by atoms with Crippen molar-refractivity contribution >= 4 is 31.6 Å². The molecule has 0 aliphatic carbocycles. The maximum atomic E-state index is 12.5. The Morgan fingerprint density at radius 2 is 2.05 bits per heavy atom. The second-order valence-corrected chi connectivity index (χ2v) is 7.82. The molecule has 0 aliphatic rings. The Kier molecular flexibility index (Phi) is 5.55. The van der Waals surface area contributed by atoms with E-state index in [0.717, 1.165) is 0 Å². The fourth-order valence-electron chi connectivity index (χ4n) is 1.77. The molecule has 1 rings (SSSR count). The monoisotopic (exact) mass is 395 g/mol. The third kappa shape index (κ3) is 3.75. The fraction of sp³-hybridized carbons (Fsp3) is 0.500. The average molecular weight is 396 g/mol. The van der Waals surface area contributed by atoms with E-state index in [0.29, 0.717) is 4.47 Å². The van der Waals surface area contributed by atoms with E-state index >= 15 is 0 Å². The molecule has 3 N–H and O–H groups in total. The van der Waals surface area contributed by atoms with Gasteiger partial charge in [0, 0.05) is 22.1 Å². The van der Waals surface area contributed by atoms with Gasteiger partial charge in [0.15, 0.2) is 0 Å². The molecule has 0 amide bonds. The van der Waals surface area contributed by atoms with Crippen LogP contribution < -0.4 is 15.2 Å². The minimum Gasteiger partial charge on any atom is -0.489 e. The summed E-state index contributed by atoms with van der Waals surface area (Å²) in [5.41, 5.74) is 4.49. The van der Waals surface area contributed by atoms with Crippen LogP contribution >= 0.6 is 15.9 Å². The molecular weight excluding hydrogens is 378 g/mol. The van der Waals surface area contributed by atoms with Crippen molar-refractivity contribution in [1.82, 2.24) is 4.72 Å². The third-order valence-corrected chi connectivity index (χ3v) is 5.53. The van der Waals surface area contributed by atoms with Gasteiger partial charge >= 0.3 is 5.69 Å². The molecule has 1 aromatic rings. The van der Waals surface area contributed by atoms with Gasteiger partial charge in [-0.2, -0.15) is 0 Å². The summed E-state index contributed by atoms with van der Waals surface area (Å²) in [5.74, 6) is -0.314. The third-order valence-electron chi connectivity index (χ3n) is 3.01. The van der Waals surface area contributed by atoms with Crippen LogP contribution in [0, 0.1) is 17.0 Å². The zero-order valence-electron chi connectivity index (χ0n) is 12.6. The number of nitrogens with zero attached hydrogens (tertiary/aromatic N) is 1. The number of nitrogens with two attached hydrogens (primary N) is 1. The highest BCUT2D eigenvalue weighted by molar-refractivity contribution is 9.10. The Hall–Kier alpha value is -1.23. The summed E-state index contributed by atoms with van der Waals surface area (Å²) in [5, 5.41) is 11.2. The number of benzene rings is 1. The van der Waals surface area contributed by atoms with Gasteiger partial charge in [0.25, 0.3) is 0 Å². The smallest absolute Gasteiger partial charge is 0.316 e. The molecule has 0 aliphatic heterocycles. The highest BCUT2D eigenvalue weighted by Crippen LogP contribution is 2.40. The molecule has 124 valence electrons. The van der Waals surface area contributed by atoms with Crippen molar-refractivity contribution in [3.63, 3.8) is 0 Å². The molecule has 0 aromatic heterocycles. The summed E-state index contributed by atoms with van der Waals surface area (Å²) in [7, 11) is -2.87. The van der Waals surface area contributed by atoms with Gasteiger partial charge in [-0.15, -0.1) is 0 Å². The van der Waals surface area contributed by atoms with E-state index in [-0.39, 0.29) is 22.8 Å². The van der Waals surface area contributed by atoms with Crippen molar-refractivity contribution in [2.24, 2.45) is 5.73 Å². The van der Waals surface area contributed by atoms with Crippen LogP contribution in [0.3, 0.4) is 0 Å². The lowest BCUT2D eigenvalue weighted by Crippen LogP contribution is -2.48. The number of nitro benzene ring substituents is 1. The molecule has 1 aromatic carbocycles. The van der Waals surface area contributed by atoms with Crippen LogP contribution in [0.5, 0.6) is 5.75 Å². The first kappa shape index (κ1) is 18.8. The zero-order valence-corrected chi connectivity index (χ0v) is 15.0. The molecule has 0 fully saturated rings. The molecule has 0 atom stereocenters. The zero-order chi connectivity index (χ0) is 17.3. The molecule has 0 spiro atoms. The average Bonchev–Trinajstić information content (AvgIpc) is 2.39. The first-order chi connectivity index (χ1) is 9.96. The molecule has 8 nitrogen and oxygen atoms in total. The quantitative estimate of drug-likeness (QED) is 0.557. The highest BCUT2D eigenvalue weighted by Gasteiger charge is 2.33. The van der Waals surface area contributed by atoms with Crippen LogP contribution in [-0.4, -0.2) is 32.5 Å². The van der Waals surface area contributed by atoms with Gasteiger partial charge in [0.2, 0.25) is 15.8 Å². The molecular formula is C12H18BrN3O5S. The lowest BCUT2D eigenvalue weighted by Gasteiger charge is -2.24. The van der Waals surface area contributed by atoms with Crippen molar-refractivity contribution in [3.8, 4) is 5.75 Å². The van der Waals surface area contributed by atoms with Crippen LogP contribution in [0.1, 0.15) is 19.4 Å². The van der Waals surface area contributed by atoms with E-state index in [1.807, 2.05) is 0 Å². The van der Waals surface area contributed by atoms with Crippen LogP contribution in [0.25, 0.3) is 0 Å². The Morgan fingerprint density at radius 1 is 1.50 bits per heavy atom. The maximum Gasteiger partial charge on any atom is 0.316 e. The predicted molar refractivity (Wildman–Crippen MR) is 85.5 cm³/mol. The Labute approximate surface area is 137 Å². The van der Waals surface area contributed by atoms with E-state index in [1.165, 1.54) is 20.1 Å². The molecule has 0 heterocycles. The van der Waals surface area contributed by atoms with E-state index in [4.69, 9.17) is 10.5 Å². The minimum atomic E-state index is -4.06. The van der Waals surface area contributed by atoms with Crippen molar-refractivity contribution in [2.75, 3.05) is 13.7 Å². The molecule has 0 saturated heterocycles. The van der Waals surface area contributed by atoms with Crippen LogP contribution in [0.2, 0.25) is 0 Å². The summed E-state index contributed by atoms with van der Waals surface area (Å²) >= 11 is 3.14. The second kappa shape index (κ2) is 6.49. The van der Waals surface area contributed by atoms with E-state index in [2.05, 4.69) is 20.7 Å². The normalized spacial score (nSPS) is 12.3. The Bertz CT molecular complexity index is 703. The summed E-state index contributed by atoms with van der Waals surface area (Å²) < 4.78 is 32.8. The summed E-state index contributed by atoms with van der Waals surface area (Å²) in [4.78, 5) is 10.3. The van der Waals surface area contributed by atoms with Gasteiger partial charge in [0.05, 0.1) is 12.0 Å². The molecule has 22 heavy (non-hydrogen) atoms. The second-order valence-electron chi connectivity index (χ2n) is 5.31. The maximum absolute atomic E-state index is 12.5. The van der Waals surface area contributed by atoms with E-state index in [9.17, 15) is 18.5 Å². The van der Waals surface area contributed by atoms with Gasteiger partial charge in [-0.05, 0) is 26.8 Å². The van der Waals surface area contributed by atoms with Crippen molar-refractivity contribution in [2.45, 2.75) is 31.2 Å². The van der Waals surface area contributed by atoms with Gasteiger partial charge < -0.3 is 10.5 Å². The molecule has 0 bridgehead atoms. The summed E-state index contributed by atoms with van der Waals surface area (Å²) in [6, 6.07) is 1.27. The number of sulfonamides is 1. The first-order valence-corrected chi connectivity index (χ1v) is 8.50. The largest absolute Gasteiger partial charge is 0.489 e. The number of hydrogen-bond acceptors (Lipinski definition) is 6. The molecule has 0 saturated carbocycles. The Balaban J connectivity index is 3.64. The lowest BCUT2D eigenvalue weighted by atomic mass is 10.1. The van der Waals surface area contributed by atoms with E-state index < -0.39 is 26.2 Å². The number of nitrogens with one attached hydrogen (secondary N) is 1. The fourth-order valence-corrected chi connectivity index (χ4v) is 3.95. The van der Waals surface area contributed by atoms with Crippen LogP contribution in [-0.2, 0) is 10.0 Å². The van der Waals surface area contributed by atoms with Gasteiger partial charge in [-0.3, -0.25) is 10.1 Å². The standard InChI is InChI=1S/C12H18BrN3O5S/c1-7-8(13)5-9(11(21-4)10(7)16(17)18)22(19,20)15-12(2,3)6-14/h5,15H,6,14H2,1-4H3. The van der Waals surface area contributed by atoms with Gasteiger partial charge in [-0.25, -0.2) is 13.1 Å². The van der Waals surface area contributed by atoms with Crippen molar-refractivity contribution in [3.05, 3.63) is 26.2 Å². The van der Waals surface area contributed by atoms with Crippen LogP contribution in [0.4, 0.5) is 5.69 Å². The minimum absolute atomic E-state index is 0.0592. The molecule has 0 unspecified atom stereocenters. The lowest BCUT2D eigenvalue weighted by molar-refractivity contribution is -0.386. The van der Waals surface area contributed by atoms with Crippen molar-refractivity contribution < 1.29 is 18.1 Å². The first-order valence-electron chi connectivity index (χ1n) is 6.22. The number of nitro groups is 1. The van der Waals surface area contributed by atoms with Crippen LogP contribution in [0.15, 0.2) is 15.4 Å². The molecule has 0 radical (unpaired) electrons. The number of methoxy groups -OCH3 is 1. The van der Waals surface area contributed by atoms with Gasteiger partial charge in [0.1, 0.15) is 4.90 Å². The van der Waals surface area contributed by atoms with Gasteiger partial charge in [-0.1, -0.05) is 15.9 Å². The molecule has 10 heteroatoms. The number of ether oxygens (including phenoxy) is 1. The number of hydrogen-bond donors (Lipinski definition) is 2.